The number of hydrogen-bond donors (Lipinski definition) is 1. The summed E-state index contributed by atoms with van der Waals surface area (Å²) in [6.07, 6.45) is 11.5. The van der Waals surface area contributed by atoms with Crippen LogP contribution in [-0.4, -0.2) is 39.2 Å². The van der Waals surface area contributed by atoms with E-state index in [-0.39, 0.29) is 0 Å². The van der Waals surface area contributed by atoms with Gasteiger partial charge in [-0.3, -0.25) is 4.72 Å². The van der Waals surface area contributed by atoms with Crippen LogP contribution < -0.4 is 4.72 Å². The molecule has 1 N–H and O–H groups in total. The second kappa shape index (κ2) is 11.3. The highest BCUT2D eigenvalue weighted by atomic mass is 32.2. The van der Waals surface area contributed by atoms with Crippen LogP contribution in [0.3, 0.4) is 0 Å². The van der Waals surface area contributed by atoms with Gasteiger partial charge in [0.2, 0.25) is 10.0 Å². The van der Waals surface area contributed by atoms with Crippen LogP contribution in [-0.2, 0) is 10.0 Å². The third-order valence-electron chi connectivity index (χ3n) is 3.79. The molecule has 24 heavy (non-hydrogen) atoms. The highest BCUT2D eigenvalue weighted by Crippen LogP contribution is 2.12. The van der Waals surface area contributed by atoms with Crippen molar-refractivity contribution in [3.05, 3.63) is 35.9 Å². The van der Waals surface area contributed by atoms with Crippen molar-refractivity contribution in [3.63, 3.8) is 0 Å². The Morgan fingerprint density at radius 3 is 2.08 bits per heavy atom. The summed E-state index contributed by atoms with van der Waals surface area (Å²) in [5.41, 5.74) is 1.68. The van der Waals surface area contributed by atoms with Gasteiger partial charge in [0.05, 0.1) is 6.26 Å². The van der Waals surface area contributed by atoms with Crippen molar-refractivity contribution >= 4 is 21.8 Å². The first-order valence-electron chi connectivity index (χ1n) is 8.91. The molecule has 0 amide bonds. The predicted octanol–water partition coefficient (Wildman–Crippen LogP) is 4.36. The van der Waals surface area contributed by atoms with E-state index in [1.54, 1.807) is 12.1 Å². The maximum absolute atomic E-state index is 11.2. The topological polar surface area (TPSA) is 49.4 Å². The lowest BCUT2D eigenvalue weighted by molar-refractivity contribution is 0.270. The van der Waals surface area contributed by atoms with Crippen molar-refractivity contribution in [2.75, 3.05) is 30.6 Å². The molecule has 0 aliphatic carbocycles. The van der Waals surface area contributed by atoms with Crippen LogP contribution in [0.25, 0.3) is 6.08 Å². The molecule has 0 aromatic heterocycles. The van der Waals surface area contributed by atoms with Crippen molar-refractivity contribution in [2.24, 2.45) is 0 Å². The zero-order chi connectivity index (χ0) is 17.8. The molecule has 5 heteroatoms. The van der Waals surface area contributed by atoms with Crippen molar-refractivity contribution in [1.82, 2.24) is 4.90 Å². The number of sulfonamides is 1. The second-order valence-electron chi connectivity index (χ2n) is 6.24. The van der Waals surface area contributed by atoms with Crippen molar-refractivity contribution in [1.29, 1.82) is 0 Å². The standard InChI is InChI=1S/C19H32N2O2S/c1-4-6-15-21(16-7-5-2)17-9-8-10-18-11-13-19(14-12-18)20-24(3,22)23/h8,10-14,20H,4-7,9,15-17H2,1-3H3. The minimum absolute atomic E-state index is 0.597. The van der Waals surface area contributed by atoms with Gasteiger partial charge in [0.1, 0.15) is 0 Å². The van der Waals surface area contributed by atoms with E-state index in [1.165, 1.54) is 38.8 Å². The molecule has 0 aliphatic rings. The highest BCUT2D eigenvalue weighted by Gasteiger charge is 2.02. The molecule has 0 aliphatic heterocycles. The number of nitrogens with one attached hydrogen (secondary N) is 1. The van der Waals surface area contributed by atoms with E-state index in [4.69, 9.17) is 0 Å². The van der Waals surface area contributed by atoms with Gasteiger partial charge in [-0.25, -0.2) is 8.42 Å². The fourth-order valence-electron chi connectivity index (χ4n) is 2.45. The summed E-state index contributed by atoms with van der Waals surface area (Å²) in [7, 11) is -3.21. The largest absolute Gasteiger partial charge is 0.303 e. The van der Waals surface area contributed by atoms with Gasteiger partial charge < -0.3 is 4.90 Å². The molecule has 0 atom stereocenters. The van der Waals surface area contributed by atoms with Crippen molar-refractivity contribution < 1.29 is 8.42 Å². The smallest absolute Gasteiger partial charge is 0.229 e. The molecule has 0 spiro atoms. The normalized spacial score (nSPS) is 12.2. The van der Waals surface area contributed by atoms with Gasteiger partial charge in [-0.2, -0.15) is 0 Å². The van der Waals surface area contributed by atoms with Crippen molar-refractivity contribution in [2.45, 2.75) is 46.0 Å². The zero-order valence-corrected chi connectivity index (χ0v) is 16.1. The van der Waals surface area contributed by atoms with Crippen LogP contribution >= 0.6 is 0 Å². The van der Waals surface area contributed by atoms with Gasteiger partial charge in [0, 0.05) is 12.2 Å². The molecule has 1 aromatic rings. The summed E-state index contributed by atoms with van der Waals surface area (Å²) in [5.74, 6) is 0. The minimum Gasteiger partial charge on any atom is -0.303 e. The van der Waals surface area contributed by atoms with Crippen LogP contribution in [0, 0.1) is 0 Å². The molecule has 0 unspecified atom stereocenters. The molecule has 0 bridgehead atoms. The van der Waals surface area contributed by atoms with E-state index in [9.17, 15) is 8.42 Å². The number of anilines is 1. The maximum atomic E-state index is 11.2. The molecule has 0 saturated carbocycles. The summed E-state index contributed by atoms with van der Waals surface area (Å²) in [6.45, 7) is 7.96. The maximum Gasteiger partial charge on any atom is 0.229 e. The number of unbranched alkanes of at least 4 members (excludes halogenated alkanes) is 2. The summed E-state index contributed by atoms with van der Waals surface area (Å²) in [5, 5.41) is 0. The number of rotatable bonds is 12. The fraction of sp³-hybridized carbons (Fsp3) is 0.579. The third-order valence-corrected chi connectivity index (χ3v) is 4.40. The average molecular weight is 353 g/mol. The lowest BCUT2D eigenvalue weighted by Crippen LogP contribution is -2.26. The third kappa shape index (κ3) is 9.73. The lowest BCUT2D eigenvalue weighted by atomic mass is 10.2. The highest BCUT2D eigenvalue weighted by molar-refractivity contribution is 7.92. The van der Waals surface area contributed by atoms with E-state index in [0.717, 1.165) is 24.8 Å². The second-order valence-corrected chi connectivity index (χ2v) is 7.98. The zero-order valence-electron chi connectivity index (χ0n) is 15.3. The monoisotopic (exact) mass is 352 g/mol. The molecule has 1 rings (SSSR count). The van der Waals surface area contributed by atoms with Gasteiger partial charge in [-0.15, -0.1) is 0 Å². The summed E-state index contributed by atoms with van der Waals surface area (Å²) in [4.78, 5) is 2.55. The Kier molecular flexibility index (Phi) is 9.72. The summed E-state index contributed by atoms with van der Waals surface area (Å²) in [6, 6.07) is 7.43. The molecule has 0 radical (unpaired) electrons. The average Bonchev–Trinajstić information content (AvgIpc) is 2.53. The molecular weight excluding hydrogens is 320 g/mol. The Bertz CT molecular complexity index is 572. The number of hydrogen-bond acceptors (Lipinski definition) is 3. The van der Waals surface area contributed by atoms with E-state index in [0.29, 0.717) is 5.69 Å². The molecular formula is C19H32N2O2S. The fourth-order valence-corrected chi connectivity index (χ4v) is 3.02. The molecule has 136 valence electrons. The van der Waals surface area contributed by atoms with Gasteiger partial charge in [0.25, 0.3) is 0 Å². The Labute approximate surface area is 148 Å². The molecule has 1 aromatic carbocycles. The SMILES string of the molecule is CCCCN(CCC=Cc1ccc(NS(C)(=O)=O)cc1)CCCC. The van der Waals surface area contributed by atoms with Crippen LogP contribution in [0.4, 0.5) is 5.69 Å². The van der Waals surface area contributed by atoms with E-state index < -0.39 is 10.0 Å². The predicted molar refractivity (Wildman–Crippen MR) is 105 cm³/mol. The molecule has 0 saturated heterocycles. The summed E-state index contributed by atoms with van der Waals surface area (Å²) >= 11 is 0. The van der Waals surface area contributed by atoms with E-state index >= 15 is 0 Å². The number of nitrogens with zero attached hydrogens (tertiary/aromatic N) is 1. The van der Waals surface area contributed by atoms with Crippen LogP contribution in [0.2, 0.25) is 0 Å². The van der Waals surface area contributed by atoms with Crippen molar-refractivity contribution in [3.8, 4) is 0 Å². The van der Waals surface area contributed by atoms with Gasteiger partial charge in [-0.1, -0.05) is 51.0 Å². The molecule has 0 heterocycles. The van der Waals surface area contributed by atoms with Crippen LogP contribution in [0.1, 0.15) is 51.5 Å². The molecule has 0 fully saturated rings. The Balaban J connectivity index is 2.44. The van der Waals surface area contributed by atoms with Gasteiger partial charge in [0.15, 0.2) is 0 Å². The van der Waals surface area contributed by atoms with E-state index in [1.807, 2.05) is 12.1 Å². The van der Waals surface area contributed by atoms with Crippen LogP contribution in [0.15, 0.2) is 30.3 Å². The van der Waals surface area contributed by atoms with Crippen LogP contribution in [0.5, 0.6) is 0 Å². The Morgan fingerprint density at radius 1 is 1.00 bits per heavy atom. The quantitative estimate of drug-likeness (QED) is 0.608. The minimum atomic E-state index is -3.21. The Hall–Kier alpha value is -1.33. The first-order valence-corrected chi connectivity index (χ1v) is 10.8. The van der Waals surface area contributed by atoms with Gasteiger partial charge >= 0.3 is 0 Å². The molecule has 4 nitrogen and oxygen atoms in total. The first kappa shape index (κ1) is 20.7. The number of benzene rings is 1. The van der Waals surface area contributed by atoms with E-state index in [2.05, 4.69) is 35.6 Å². The first-order chi connectivity index (χ1) is 11.4. The Morgan fingerprint density at radius 2 is 1.58 bits per heavy atom. The lowest BCUT2D eigenvalue weighted by Gasteiger charge is -2.21. The van der Waals surface area contributed by atoms with Gasteiger partial charge in [-0.05, 0) is 50.0 Å². The summed E-state index contributed by atoms with van der Waals surface area (Å²) < 4.78 is 24.8.